The Morgan fingerprint density at radius 1 is 1.31 bits per heavy atom. The Kier molecular flexibility index (Phi) is 6.50. The first-order valence-corrected chi connectivity index (χ1v) is 6.88. The van der Waals surface area contributed by atoms with Gasteiger partial charge in [0.15, 0.2) is 0 Å². The number of halogens is 1. The van der Waals surface area contributed by atoms with E-state index in [4.69, 9.17) is 5.73 Å². The van der Waals surface area contributed by atoms with Crippen molar-refractivity contribution in [1.82, 2.24) is 0 Å². The van der Waals surface area contributed by atoms with Crippen molar-refractivity contribution in [2.24, 2.45) is 5.73 Å². The molecule has 16 heavy (non-hydrogen) atoms. The summed E-state index contributed by atoms with van der Waals surface area (Å²) in [6, 6.07) is 5.26. The van der Waals surface area contributed by atoms with Crippen LogP contribution in [0.2, 0.25) is 0 Å². The van der Waals surface area contributed by atoms with Crippen LogP contribution in [-0.2, 0) is 6.42 Å². The molecule has 0 aliphatic heterocycles. The van der Waals surface area contributed by atoms with E-state index in [0.29, 0.717) is 6.54 Å². The summed E-state index contributed by atoms with van der Waals surface area (Å²) in [5.41, 5.74) is 6.57. The zero-order valence-corrected chi connectivity index (χ0v) is 10.7. The highest BCUT2D eigenvalue weighted by Gasteiger charge is 2.07. The lowest BCUT2D eigenvalue weighted by Gasteiger charge is -2.09. The minimum absolute atomic E-state index is 0.104. The van der Waals surface area contributed by atoms with Gasteiger partial charge in [-0.25, -0.2) is 4.39 Å². The summed E-state index contributed by atoms with van der Waals surface area (Å²) < 4.78 is 13.6. The van der Waals surface area contributed by atoms with Gasteiger partial charge in [0.1, 0.15) is 5.82 Å². The molecule has 0 aromatic heterocycles. The maximum atomic E-state index is 13.6. The van der Waals surface area contributed by atoms with Crippen molar-refractivity contribution >= 4 is 11.8 Å². The predicted octanol–water partition coefficient (Wildman–Crippen LogP) is 3.61. The Bertz CT molecular complexity index is 315. The number of hydrogen-bond donors (Lipinski definition) is 1. The highest BCUT2D eigenvalue weighted by atomic mass is 32.2. The maximum Gasteiger partial charge on any atom is 0.137 e. The van der Waals surface area contributed by atoms with E-state index in [2.05, 4.69) is 6.92 Å². The van der Waals surface area contributed by atoms with Gasteiger partial charge in [-0.15, -0.1) is 11.8 Å². The highest BCUT2D eigenvalue weighted by molar-refractivity contribution is 7.99. The van der Waals surface area contributed by atoms with Crippen LogP contribution in [-0.4, -0.2) is 12.3 Å². The summed E-state index contributed by atoms with van der Waals surface area (Å²) in [5.74, 6) is 0.888. The second-order valence-corrected chi connectivity index (χ2v) is 4.93. The van der Waals surface area contributed by atoms with Gasteiger partial charge in [-0.05, 0) is 36.8 Å². The van der Waals surface area contributed by atoms with Crippen LogP contribution >= 0.6 is 11.8 Å². The van der Waals surface area contributed by atoms with E-state index in [1.807, 2.05) is 6.07 Å². The fraction of sp³-hybridized carbons (Fsp3) is 0.538. The van der Waals surface area contributed by atoms with Gasteiger partial charge < -0.3 is 5.73 Å². The average Bonchev–Trinajstić information content (AvgIpc) is 2.28. The SMILES string of the molecule is CCCCCSc1c(F)cccc1CCN. The van der Waals surface area contributed by atoms with Gasteiger partial charge in [0.2, 0.25) is 0 Å². The van der Waals surface area contributed by atoms with E-state index in [9.17, 15) is 4.39 Å². The number of unbranched alkanes of at least 4 members (excludes halogenated alkanes) is 2. The molecule has 0 atom stereocenters. The quantitative estimate of drug-likeness (QED) is 0.583. The Morgan fingerprint density at radius 3 is 2.81 bits per heavy atom. The molecule has 0 heterocycles. The van der Waals surface area contributed by atoms with Crippen LogP contribution in [0, 0.1) is 5.82 Å². The van der Waals surface area contributed by atoms with E-state index < -0.39 is 0 Å². The summed E-state index contributed by atoms with van der Waals surface area (Å²) >= 11 is 1.62. The third-order valence-corrected chi connectivity index (χ3v) is 3.70. The fourth-order valence-corrected chi connectivity index (χ4v) is 2.71. The molecule has 1 aromatic carbocycles. The molecule has 0 bridgehead atoms. The van der Waals surface area contributed by atoms with Gasteiger partial charge in [0.25, 0.3) is 0 Å². The molecule has 0 saturated carbocycles. The van der Waals surface area contributed by atoms with Crippen molar-refractivity contribution in [2.75, 3.05) is 12.3 Å². The molecule has 0 amide bonds. The number of thioether (sulfide) groups is 1. The van der Waals surface area contributed by atoms with Crippen LogP contribution < -0.4 is 5.73 Å². The van der Waals surface area contributed by atoms with Crippen molar-refractivity contribution < 1.29 is 4.39 Å². The second kappa shape index (κ2) is 7.69. The Labute approximate surface area is 102 Å². The van der Waals surface area contributed by atoms with Gasteiger partial charge in [0.05, 0.1) is 0 Å². The zero-order chi connectivity index (χ0) is 11.8. The van der Waals surface area contributed by atoms with Gasteiger partial charge in [-0.1, -0.05) is 31.9 Å². The lowest BCUT2D eigenvalue weighted by molar-refractivity contribution is 0.596. The monoisotopic (exact) mass is 241 g/mol. The minimum Gasteiger partial charge on any atom is -0.330 e. The molecule has 0 unspecified atom stereocenters. The molecule has 3 heteroatoms. The first-order chi connectivity index (χ1) is 7.79. The van der Waals surface area contributed by atoms with Crippen molar-refractivity contribution in [1.29, 1.82) is 0 Å². The summed E-state index contributed by atoms with van der Waals surface area (Å²) in [5, 5.41) is 0. The number of benzene rings is 1. The van der Waals surface area contributed by atoms with Crippen LogP contribution in [0.15, 0.2) is 23.1 Å². The summed E-state index contributed by atoms with van der Waals surface area (Å²) in [4.78, 5) is 0.795. The zero-order valence-electron chi connectivity index (χ0n) is 9.84. The molecule has 90 valence electrons. The lowest BCUT2D eigenvalue weighted by atomic mass is 10.1. The molecule has 0 aliphatic rings. The summed E-state index contributed by atoms with van der Waals surface area (Å²) in [6.45, 7) is 2.75. The Hall–Kier alpha value is -0.540. The van der Waals surface area contributed by atoms with Crippen molar-refractivity contribution in [3.63, 3.8) is 0 Å². The van der Waals surface area contributed by atoms with Crippen molar-refractivity contribution in [3.8, 4) is 0 Å². The van der Waals surface area contributed by atoms with Gasteiger partial charge >= 0.3 is 0 Å². The van der Waals surface area contributed by atoms with E-state index in [-0.39, 0.29) is 5.82 Å². The minimum atomic E-state index is -0.104. The molecule has 1 nitrogen and oxygen atoms in total. The van der Waals surface area contributed by atoms with Gasteiger partial charge in [-0.3, -0.25) is 0 Å². The molecule has 0 fully saturated rings. The standard InChI is InChI=1S/C13H20FNS/c1-2-3-4-10-16-13-11(8-9-15)6-5-7-12(13)14/h5-7H,2-4,8-10,15H2,1H3. The van der Waals surface area contributed by atoms with Crippen LogP contribution in [0.25, 0.3) is 0 Å². The van der Waals surface area contributed by atoms with E-state index >= 15 is 0 Å². The molecule has 0 spiro atoms. The summed E-state index contributed by atoms with van der Waals surface area (Å²) in [6.07, 6.45) is 4.33. The largest absolute Gasteiger partial charge is 0.330 e. The van der Waals surface area contributed by atoms with E-state index in [1.54, 1.807) is 17.8 Å². The van der Waals surface area contributed by atoms with Gasteiger partial charge in [-0.2, -0.15) is 0 Å². The topological polar surface area (TPSA) is 26.0 Å². The second-order valence-electron chi connectivity index (χ2n) is 3.82. The Balaban J connectivity index is 2.61. The van der Waals surface area contributed by atoms with E-state index in [1.165, 1.54) is 18.9 Å². The molecule has 1 rings (SSSR count). The van der Waals surface area contributed by atoms with Crippen LogP contribution in [0.3, 0.4) is 0 Å². The predicted molar refractivity (Wildman–Crippen MR) is 69.4 cm³/mol. The molecular formula is C13H20FNS. The molecule has 1 aromatic rings. The number of nitrogens with two attached hydrogens (primary N) is 1. The van der Waals surface area contributed by atoms with Crippen LogP contribution in [0.5, 0.6) is 0 Å². The number of rotatable bonds is 7. The maximum absolute atomic E-state index is 13.6. The fourth-order valence-electron chi connectivity index (χ4n) is 1.59. The molecule has 2 N–H and O–H groups in total. The smallest absolute Gasteiger partial charge is 0.137 e. The van der Waals surface area contributed by atoms with Gasteiger partial charge in [0, 0.05) is 4.90 Å². The molecule has 0 aliphatic carbocycles. The molecule has 0 saturated heterocycles. The highest BCUT2D eigenvalue weighted by Crippen LogP contribution is 2.27. The third kappa shape index (κ3) is 4.14. The normalized spacial score (nSPS) is 10.7. The van der Waals surface area contributed by atoms with Crippen molar-refractivity contribution in [2.45, 2.75) is 37.5 Å². The third-order valence-electron chi connectivity index (χ3n) is 2.46. The average molecular weight is 241 g/mol. The molecule has 0 radical (unpaired) electrons. The number of hydrogen-bond acceptors (Lipinski definition) is 2. The Morgan fingerprint density at radius 2 is 2.12 bits per heavy atom. The van der Waals surface area contributed by atoms with E-state index in [0.717, 1.165) is 29.1 Å². The first-order valence-electron chi connectivity index (χ1n) is 5.89. The first kappa shape index (κ1) is 13.5. The summed E-state index contributed by atoms with van der Waals surface area (Å²) in [7, 11) is 0. The van der Waals surface area contributed by atoms with Crippen LogP contribution in [0.4, 0.5) is 4.39 Å². The lowest BCUT2D eigenvalue weighted by Crippen LogP contribution is -2.04. The van der Waals surface area contributed by atoms with Crippen molar-refractivity contribution in [3.05, 3.63) is 29.6 Å². The molecular weight excluding hydrogens is 221 g/mol. The van der Waals surface area contributed by atoms with Crippen LogP contribution in [0.1, 0.15) is 31.7 Å².